The van der Waals surface area contributed by atoms with Gasteiger partial charge in [0.05, 0.1) is 0 Å². The third kappa shape index (κ3) is 4.92. The van der Waals surface area contributed by atoms with Gasteiger partial charge in [-0.15, -0.1) is 0 Å². The molecule has 1 aliphatic carbocycles. The van der Waals surface area contributed by atoms with E-state index in [-0.39, 0.29) is 17.6 Å². The van der Waals surface area contributed by atoms with Crippen LogP contribution in [-0.4, -0.2) is 21.9 Å². The van der Waals surface area contributed by atoms with E-state index in [1.165, 1.54) is 32.1 Å². The number of carbonyl (C=O) groups is 1. The molecule has 1 amide bonds. The van der Waals surface area contributed by atoms with E-state index in [1.807, 2.05) is 13.8 Å². The van der Waals surface area contributed by atoms with Gasteiger partial charge in [0.1, 0.15) is 0 Å². The first kappa shape index (κ1) is 18.7. The molecule has 0 spiro atoms. The van der Waals surface area contributed by atoms with E-state index in [9.17, 15) is 9.59 Å². The van der Waals surface area contributed by atoms with Crippen LogP contribution in [0.1, 0.15) is 69.3 Å². The van der Waals surface area contributed by atoms with Gasteiger partial charge in [-0.3, -0.25) is 4.79 Å². The summed E-state index contributed by atoms with van der Waals surface area (Å²) in [5, 5.41) is 3.17. The van der Waals surface area contributed by atoms with Crippen molar-refractivity contribution in [1.29, 1.82) is 0 Å². The van der Waals surface area contributed by atoms with Crippen LogP contribution < -0.4 is 11.0 Å². The lowest BCUT2D eigenvalue weighted by atomic mass is 9.78. The van der Waals surface area contributed by atoms with Crippen molar-refractivity contribution >= 4 is 5.91 Å². The number of amides is 1. The van der Waals surface area contributed by atoms with Gasteiger partial charge in [-0.25, -0.2) is 4.79 Å². The predicted molar refractivity (Wildman–Crippen MR) is 96.0 cm³/mol. The van der Waals surface area contributed by atoms with Crippen LogP contribution in [0.25, 0.3) is 0 Å². The molecule has 0 aliphatic heterocycles. The van der Waals surface area contributed by atoms with Crippen molar-refractivity contribution in [2.45, 2.75) is 78.7 Å². The highest BCUT2D eigenvalue weighted by Crippen LogP contribution is 2.31. The van der Waals surface area contributed by atoms with E-state index in [2.05, 4.69) is 29.1 Å². The van der Waals surface area contributed by atoms with Crippen molar-refractivity contribution in [3.8, 4) is 0 Å². The molecule has 24 heavy (non-hydrogen) atoms. The summed E-state index contributed by atoms with van der Waals surface area (Å²) in [5.74, 6) is 1.34. The van der Waals surface area contributed by atoms with Crippen LogP contribution in [0, 0.1) is 25.7 Å². The van der Waals surface area contributed by atoms with Crippen molar-refractivity contribution in [3.05, 3.63) is 27.4 Å². The zero-order valence-corrected chi connectivity index (χ0v) is 15.4. The molecule has 0 aromatic carbocycles. The molecule has 5 heteroatoms. The molecular formula is C19H31N3O2. The molecule has 1 heterocycles. The fourth-order valence-electron chi connectivity index (χ4n) is 3.89. The molecule has 0 unspecified atom stereocenters. The predicted octanol–water partition coefficient (Wildman–Crippen LogP) is 3.04. The lowest BCUT2D eigenvalue weighted by Gasteiger charge is -2.32. The quantitative estimate of drug-likeness (QED) is 0.840. The van der Waals surface area contributed by atoms with Gasteiger partial charge >= 0.3 is 5.69 Å². The minimum Gasteiger partial charge on any atom is -0.353 e. The second-order valence-corrected chi connectivity index (χ2v) is 7.34. The minimum atomic E-state index is -0.326. The Labute approximate surface area is 144 Å². The summed E-state index contributed by atoms with van der Waals surface area (Å²) >= 11 is 0. The fraction of sp³-hybridized carbons (Fsp3) is 0.737. The summed E-state index contributed by atoms with van der Waals surface area (Å²) in [6, 6.07) is 0.205. The lowest BCUT2D eigenvalue weighted by Crippen LogP contribution is -2.40. The monoisotopic (exact) mass is 333 g/mol. The number of hydrogen-bond acceptors (Lipinski definition) is 3. The second-order valence-electron chi connectivity index (χ2n) is 7.34. The van der Waals surface area contributed by atoms with Crippen molar-refractivity contribution in [1.82, 2.24) is 15.3 Å². The maximum Gasteiger partial charge on any atom is 0.345 e. The Kier molecular flexibility index (Phi) is 6.58. The van der Waals surface area contributed by atoms with E-state index < -0.39 is 0 Å². The van der Waals surface area contributed by atoms with E-state index in [4.69, 9.17) is 0 Å². The number of carbonyl (C=O) groups excluding carboxylic acids is 1. The first-order chi connectivity index (χ1) is 11.4. The lowest BCUT2D eigenvalue weighted by molar-refractivity contribution is -0.122. The average Bonchev–Trinajstić information content (AvgIpc) is 2.53. The van der Waals surface area contributed by atoms with Gasteiger partial charge in [0.25, 0.3) is 0 Å². The average molecular weight is 333 g/mol. The van der Waals surface area contributed by atoms with Crippen LogP contribution in [0.2, 0.25) is 0 Å². The van der Waals surface area contributed by atoms with Gasteiger partial charge in [0.15, 0.2) is 0 Å². The molecule has 0 saturated heterocycles. The molecule has 0 bridgehead atoms. The summed E-state index contributed by atoms with van der Waals surface area (Å²) in [4.78, 5) is 30.3. The number of aromatic nitrogens is 2. The van der Waals surface area contributed by atoms with Gasteiger partial charge in [0, 0.05) is 23.9 Å². The Morgan fingerprint density at radius 2 is 1.92 bits per heavy atom. The minimum absolute atomic E-state index is 0.0789. The molecule has 2 atom stereocenters. The molecule has 1 aromatic heterocycles. The number of nitrogens with zero attached hydrogens (tertiary/aromatic N) is 1. The standard InChI is InChI=1S/C19H31N3O2/c1-12(16-8-6-5-7-9-16)13(2)20-18(23)11-10-17-14(3)21-19(24)22-15(17)4/h12-13,16H,5-11H2,1-4H3,(H,20,23)(H,21,22,24)/t12-,13+/m0/s1. The molecule has 1 fully saturated rings. The maximum absolute atomic E-state index is 12.3. The first-order valence-electron chi connectivity index (χ1n) is 9.24. The van der Waals surface area contributed by atoms with Gasteiger partial charge in [-0.1, -0.05) is 39.0 Å². The fourth-order valence-corrected chi connectivity index (χ4v) is 3.89. The van der Waals surface area contributed by atoms with Crippen LogP contribution in [0.4, 0.5) is 0 Å². The molecule has 2 rings (SSSR count). The summed E-state index contributed by atoms with van der Waals surface area (Å²) in [7, 11) is 0. The van der Waals surface area contributed by atoms with Crippen LogP contribution in [0.5, 0.6) is 0 Å². The zero-order valence-electron chi connectivity index (χ0n) is 15.4. The number of rotatable bonds is 6. The van der Waals surface area contributed by atoms with Crippen LogP contribution in [0.3, 0.4) is 0 Å². The Balaban J connectivity index is 1.85. The summed E-state index contributed by atoms with van der Waals surface area (Å²) in [5.41, 5.74) is 2.17. The van der Waals surface area contributed by atoms with Gasteiger partial charge < -0.3 is 10.3 Å². The number of hydrogen-bond donors (Lipinski definition) is 2. The molecule has 1 saturated carbocycles. The van der Waals surface area contributed by atoms with Gasteiger partial charge in [0.2, 0.25) is 5.91 Å². The highest BCUT2D eigenvalue weighted by Gasteiger charge is 2.25. The summed E-state index contributed by atoms with van der Waals surface area (Å²) in [6.07, 6.45) is 7.64. The SMILES string of the molecule is Cc1nc(=O)[nH]c(C)c1CCC(=O)N[C@H](C)[C@H](C)C1CCCCC1. The van der Waals surface area contributed by atoms with Crippen molar-refractivity contribution < 1.29 is 4.79 Å². The van der Waals surface area contributed by atoms with Gasteiger partial charge in [-0.05, 0) is 44.6 Å². The second kappa shape index (κ2) is 8.45. The number of aromatic amines is 1. The highest BCUT2D eigenvalue weighted by molar-refractivity contribution is 5.76. The molecular weight excluding hydrogens is 302 g/mol. The Hall–Kier alpha value is -1.65. The van der Waals surface area contributed by atoms with Crippen molar-refractivity contribution in [2.75, 3.05) is 0 Å². The van der Waals surface area contributed by atoms with E-state index >= 15 is 0 Å². The van der Waals surface area contributed by atoms with Crippen molar-refractivity contribution in [3.63, 3.8) is 0 Å². The third-order valence-corrected chi connectivity index (χ3v) is 5.63. The summed E-state index contributed by atoms with van der Waals surface area (Å²) in [6.45, 7) is 8.07. The normalized spacial score (nSPS) is 18.2. The first-order valence-corrected chi connectivity index (χ1v) is 9.24. The largest absolute Gasteiger partial charge is 0.353 e. The molecule has 5 nitrogen and oxygen atoms in total. The molecule has 1 aromatic rings. The topological polar surface area (TPSA) is 74.8 Å². The zero-order chi connectivity index (χ0) is 17.7. The summed E-state index contributed by atoms with van der Waals surface area (Å²) < 4.78 is 0. The molecule has 2 N–H and O–H groups in total. The highest BCUT2D eigenvalue weighted by atomic mass is 16.1. The Morgan fingerprint density at radius 3 is 2.54 bits per heavy atom. The van der Waals surface area contributed by atoms with Gasteiger partial charge in [-0.2, -0.15) is 4.98 Å². The number of H-pyrrole nitrogens is 1. The molecule has 134 valence electrons. The van der Waals surface area contributed by atoms with Crippen LogP contribution >= 0.6 is 0 Å². The Morgan fingerprint density at radius 1 is 1.25 bits per heavy atom. The Bertz CT molecular complexity index is 591. The van der Waals surface area contributed by atoms with E-state index in [1.54, 1.807) is 0 Å². The van der Waals surface area contributed by atoms with Crippen molar-refractivity contribution in [2.24, 2.45) is 11.8 Å². The van der Waals surface area contributed by atoms with E-state index in [0.717, 1.165) is 17.2 Å². The maximum atomic E-state index is 12.3. The van der Waals surface area contributed by atoms with Crippen LogP contribution in [-0.2, 0) is 11.2 Å². The third-order valence-electron chi connectivity index (χ3n) is 5.63. The number of nitrogens with one attached hydrogen (secondary N) is 2. The van der Waals surface area contributed by atoms with Crippen LogP contribution in [0.15, 0.2) is 4.79 Å². The molecule has 0 radical (unpaired) electrons. The number of aryl methyl sites for hydroxylation is 2. The smallest absolute Gasteiger partial charge is 0.345 e. The molecule has 1 aliphatic rings. The van der Waals surface area contributed by atoms with E-state index in [0.29, 0.717) is 24.5 Å².